The van der Waals surface area contributed by atoms with Crippen LogP contribution in [0.1, 0.15) is 50.6 Å². The molecule has 1 aliphatic rings. The van der Waals surface area contributed by atoms with Crippen LogP contribution in [0.4, 0.5) is 0 Å². The molecule has 1 atom stereocenters. The van der Waals surface area contributed by atoms with Gasteiger partial charge in [-0.15, -0.1) is 0 Å². The molecule has 1 aromatic heterocycles. The van der Waals surface area contributed by atoms with Crippen molar-refractivity contribution in [2.75, 3.05) is 13.7 Å². The SMILES string of the molecule is CCCNC(CCC1CC1)c1cccnc1OC. The van der Waals surface area contributed by atoms with Gasteiger partial charge in [0, 0.05) is 17.8 Å². The lowest BCUT2D eigenvalue weighted by atomic mass is 10.0. The minimum absolute atomic E-state index is 0.384. The van der Waals surface area contributed by atoms with E-state index in [1.54, 1.807) is 13.3 Å². The second-order valence-corrected chi connectivity index (χ2v) is 5.13. The van der Waals surface area contributed by atoms with Gasteiger partial charge in [0.25, 0.3) is 0 Å². The van der Waals surface area contributed by atoms with Crippen LogP contribution in [0.3, 0.4) is 0 Å². The van der Waals surface area contributed by atoms with Crippen molar-refractivity contribution in [1.82, 2.24) is 10.3 Å². The molecule has 1 N–H and O–H groups in total. The Kier molecular flexibility index (Phi) is 5.00. The molecule has 0 saturated heterocycles. The normalized spacial score (nSPS) is 16.6. The number of methoxy groups -OCH3 is 1. The molecule has 0 bridgehead atoms. The van der Waals surface area contributed by atoms with Gasteiger partial charge in [-0.2, -0.15) is 0 Å². The number of hydrogen-bond acceptors (Lipinski definition) is 3. The van der Waals surface area contributed by atoms with E-state index in [0.717, 1.165) is 24.8 Å². The van der Waals surface area contributed by atoms with Gasteiger partial charge in [0.05, 0.1) is 7.11 Å². The molecule has 100 valence electrons. The first-order chi connectivity index (χ1) is 8.85. The lowest BCUT2D eigenvalue weighted by molar-refractivity contribution is 0.376. The van der Waals surface area contributed by atoms with Gasteiger partial charge < -0.3 is 10.1 Å². The molecule has 1 saturated carbocycles. The Balaban J connectivity index is 2.04. The second-order valence-electron chi connectivity index (χ2n) is 5.13. The minimum atomic E-state index is 0.384. The van der Waals surface area contributed by atoms with Crippen molar-refractivity contribution >= 4 is 0 Å². The van der Waals surface area contributed by atoms with Crippen molar-refractivity contribution in [2.45, 2.75) is 45.1 Å². The molecule has 3 nitrogen and oxygen atoms in total. The monoisotopic (exact) mass is 248 g/mol. The fraction of sp³-hybridized carbons (Fsp3) is 0.667. The Hall–Kier alpha value is -1.09. The fourth-order valence-electron chi connectivity index (χ4n) is 2.33. The highest BCUT2D eigenvalue weighted by Gasteiger charge is 2.24. The van der Waals surface area contributed by atoms with Crippen molar-refractivity contribution in [3.63, 3.8) is 0 Å². The van der Waals surface area contributed by atoms with E-state index in [1.807, 2.05) is 6.07 Å². The van der Waals surface area contributed by atoms with Crippen LogP contribution in [-0.2, 0) is 0 Å². The number of nitrogens with zero attached hydrogens (tertiary/aromatic N) is 1. The minimum Gasteiger partial charge on any atom is -0.481 e. The summed E-state index contributed by atoms with van der Waals surface area (Å²) < 4.78 is 5.38. The number of nitrogens with one attached hydrogen (secondary N) is 1. The molecule has 1 unspecified atom stereocenters. The van der Waals surface area contributed by atoms with Gasteiger partial charge in [-0.05, 0) is 37.8 Å². The molecule has 0 spiro atoms. The first-order valence-electron chi connectivity index (χ1n) is 7.07. The first-order valence-corrected chi connectivity index (χ1v) is 7.07. The average molecular weight is 248 g/mol. The molecule has 1 heterocycles. The topological polar surface area (TPSA) is 34.2 Å². The standard InChI is InChI=1S/C15H24N2O/c1-3-10-16-14(9-8-12-6-7-12)13-5-4-11-17-15(13)18-2/h4-5,11-12,14,16H,3,6-10H2,1-2H3. The first kappa shape index (κ1) is 13.3. The molecule has 1 aromatic rings. The Labute approximate surface area is 110 Å². The molecule has 0 aliphatic heterocycles. The van der Waals surface area contributed by atoms with Crippen LogP contribution in [0.2, 0.25) is 0 Å². The lowest BCUT2D eigenvalue weighted by Gasteiger charge is -2.20. The van der Waals surface area contributed by atoms with Gasteiger partial charge in [0.1, 0.15) is 0 Å². The van der Waals surface area contributed by atoms with Crippen LogP contribution in [0.15, 0.2) is 18.3 Å². The summed E-state index contributed by atoms with van der Waals surface area (Å²) in [5.41, 5.74) is 1.20. The van der Waals surface area contributed by atoms with Crippen LogP contribution < -0.4 is 10.1 Å². The predicted octanol–water partition coefficient (Wildman–Crippen LogP) is 3.32. The Morgan fingerprint density at radius 3 is 3.00 bits per heavy atom. The molecule has 1 fully saturated rings. The molecular formula is C15H24N2O. The van der Waals surface area contributed by atoms with Crippen LogP contribution in [0, 0.1) is 5.92 Å². The van der Waals surface area contributed by atoms with E-state index in [1.165, 1.54) is 31.2 Å². The van der Waals surface area contributed by atoms with Gasteiger partial charge in [0.2, 0.25) is 5.88 Å². The van der Waals surface area contributed by atoms with Gasteiger partial charge in [0.15, 0.2) is 0 Å². The lowest BCUT2D eigenvalue weighted by Crippen LogP contribution is -2.23. The highest BCUT2D eigenvalue weighted by atomic mass is 16.5. The Morgan fingerprint density at radius 2 is 2.33 bits per heavy atom. The summed E-state index contributed by atoms with van der Waals surface area (Å²) >= 11 is 0. The number of hydrogen-bond donors (Lipinski definition) is 1. The van der Waals surface area contributed by atoms with Crippen molar-refractivity contribution in [1.29, 1.82) is 0 Å². The highest BCUT2D eigenvalue weighted by Crippen LogP contribution is 2.36. The van der Waals surface area contributed by atoms with Gasteiger partial charge in [-0.25, -0.2) is 4.98 Å². The van der Waals surface area contributed by atoms with Gasteiger partial charge >= 0.3 is 0 Å². The van der Waals surface area contributed by atoms with Crippen molar-refractivity contribution in [2.24, 2.45) is 5.92 Å². The van der Waals surface area contributed by atoms with Crippen LogP contribution in [-0.4, -0.2) is 18.6 Å². The van der Waals surface area contributed by atoms with Crippen LogP contribution in [0.25, 0.3) is 0 Å². The molecular weight excluding hydrogens is 224 g/mol. The predicted molar refractivity (Wildman–Crippen MR) is 73.8 cm³/mol. The summed E-state index contributed by atoms with van der Waals surface area (Å²) in [5, 5.41) is 3.62. The third-order valence-electron chi connectivity index (χ3n) is 3.57. The van der Waals surface area contributed by atoms with Crippen molar-refractivity contribution < 1.29 is 4.74 Å². The van der Waals surface area contributed by atoms with E-state index in [-0.39, 0.29) is 0 Å². The largest absolute Gasteiger partial charge is 0.481 e. The molecule has 0 amide bonds. The molecule has 1 aliphatic carbocycles. The Morgan fingerprint density at radius 1 is 1.50 bits per heavy atom. The number of rotatable bonds is 8. The summed E-state index contributed by atoms with van der Waals surface area (Å²) in [5.74, 6) is 1.74. The zero-order valence-electron chi connectivity index (χ0n) is 11.5. The summed E-state index contributed by atoms with van der Waals surface area (Å²) in [6.45, 7) is 3.25. The number of pyridine rings is 1. The molecule has 3 heteroatoms. The number of aromatic nitrogens is 1. The Bertz CT molecular complexity index is 363. The summed E-state index contributed by atoms with van der Waals surface area (Å²) in [7, 11) is 1.70. The van der Waals surface area contributed by atoms with E-state index in [2.05, 4.69) is 23.3 Å². The average Bonchev–Trinajstić information content (AvgIpc) is 3.23. The molecule has 2 rings (SSSR count). The van der Waals surface area contributed by atoms with Gasteiger partial charge in [-0.3, -0.25) is 0 Å². The van der Waals surface area contributed by atoms with Crippen molar-refractivity contribution in [3.05, 3.63) is 23.9 Å². The zero-order valence-corrected chi connectivity index (χ0v) is 11.5. The fourth-order valence-corrected chi connectivity index (χ4v) is 2.33. The summed E-state index contributed by atoms with van der Waals surface area (Å²) in [6.07, 6.45) is 8.30. The summed E-state index contributed by atoms with van der Waals surface area (Å²) in [4.78, 5) is 4.31. The maximum Gasteiger partial charge on any atom is 0.217 e. The smallest absolute Gasteiger partial charge is 0.217 e. The van der Waals surface area contributed by atoms with Gasteiger partial charge in [-0.1, -0.05) is 25.8 Å². The summed E-state index contributed by atoms with van der Waals surface area (Å²) in [6, 6.07) is 4.51. The zero-order chi connectivity index (χ0) is 12.8. The maximum atomic E-state index is 5.38. The van der Waals surface area contributed by atoms with Crippen LogP contribution >= 0.6 is 0 Å². The van der Waals surface area contributed by atoms with E-state index < -0.39 is 0 Å². The van der Waals surface area contributed by atoms with E-state index in [0.29, 0.717) is 6.04 Å². The number of ether oxygens (including phenoxy) is 1. The highest BCUT2D eigenvalue weighted by molar-refractivity contribution is 5.28. The quantitative estimate of drug-likeness (QED) is 0.766. The molecule has 0 radical (unpaired) electrons. The third-order valence-corrected chi connectivity index (χ3v) is 3.57. The van der Waals surface area contributed by atoms with E-state index in [4.69, 9.17) is 4.74 Å². The maximum absolute atomic E-state index is 5.38. The molecule has 18 heavy (non-hydrogen) atoms. The van der Waals surface area contributed by atoms with Crippen LogP contribution in [0.5, 0.6) is 5.88 Å². The van der Waals surface area contributed by atoms with E-state index >= 15 is 0 Å². The molecule has 0 aromatic carbocycles. The van der Waals surface area contributed by atoms with Crippen molar-refractivity contribution in [3.8, 4) is 5.88 Å². The third kappa shape index (κ3) is 3.70. The van der Waals surface area contributed by atoms with E-state index in [9.17, 15) is 0 Å². The second kappa shape index (κ2) is 6.74.